The van der Waals surface area contributed by atoms with Crippen LogP contribution in [-0.2, 0) is 13.6 Å². The van der Waals surface area contributed by atoms with Gasteiger partial charge in [-0.3, -0.25) is 13.9 Å². The highest BCUT2D eigenvalue weighted by Crippen LogP contribution is 2.23. The molecule has 0 spiro atoms. The third-order valence-corrected chi connectivity index (χ3v) is 3.28. The third-order valence-electron chi connectivity index (χ3n) is 3.28. The number of hydrogen-bond donors (Lipinski definition) is 1. The zero-order valence-electron chi connectivity index (χ0n) is 11.8. The van der Waals surface area contributed by atoms with E-state index in [0.29, 0.717) is 17.0 Å². The fourth-order valence-electron chi connectivity index (χ4n) is 2.09. The number of phenols is 1. The summed E-state index contributed by atoms with van der Waals surface area (Å²) in [5.74, 6) is 0.619. The largest absolute Gasteiger partial charge is 0.508 e. The Labute approximate surface area is 124 Å². The van der Waals surface area contributed by atoms with Crippen LogP contribution in [0.25, 0.3) is 11.3 Å². The van der Waals surface area contributed by atoms with Gasteiger partial charge in [0.2, 0.25) is 0 Å². The van der Waals surface area contributed by atoms with Crippen molar-refractivity contribution < 1.29 is 9.63 Å². The van der Waals surface area contributed by atoms with Gasteiger partial charge in [-0.05, 0) is 12.1 Å². The summed E-state index contributed by atoms with van der Waals surface area (Å²) >= 11 is 0. The molecule has 0 saturated carbocycles. The molecule has 2 aromatic heterocycles. The van der Waals surface area contributed by atoms with Gasteiger partial charge in [0.1, 0.15) is 11.4 Å². The first-order chi connectivity index (χ1) is 10.5. The Balaban J connectivity index is 1.91. The van der Waals surface area contributed by atoms with Gasteiger partial charge in [-0.1, -0.05) is 17.3 Å². The van der Waals surface area contributed by atoms with Gasteiger partial charge in [0.05, 0.1) is 6.54 Å². The Morgan fingerprint density at radius 3 is 2.82 bits per heavy atom. The Kier molecular flexibility index (Phi) is 3.38. The predicted molar refractivity (Wildman–Crippen MR) is 78.6 cm³/mol. The van der Waals surface area contributed by atoms with Crippen LogP contribution in [0.15, 0.2) is 56.7 Å². The Morgan fingerprint density at radius 2 is 2.05 bits per heavy atom. The van der Waals surface area contributed by atoms with Crippen LogP contribution < -0.4 is 11.2 Å². The highest BCUT2D eigenvalue weighted by Gasteiger charge is 2.09. The number of rotatable bonds is 3. The summed E-state index contributed by atoms with van der Waals surface area (Å²) in [6.07, 6.45) is 1.42. The molecule has 0 radical (unpaired) electrons. The molecule has 22 heavy (non-hydrogen) atoms. The van der Waals surface area contributed by atoms with E-state index in [1.54, 1.807) is 30.3 Å². The lowest BCUT2D eigenvalue weighted by Crippen LogP contribution is -2.37. The molecule has 0 amide bonds. The Hall–Kier alpha value is -3.09. The molecule has 7 heteroatoms. The molecule has 2 heterocycles. The van der Waals surface area contributed by atoms with Gasteiger partial charge in [0.15, 0.2) is 5.76 Å². The van der Waals surface area contributed by atoms with E-state index in [9.17, 15) is 14.7 Å². The molecule has 0 unspecified atom stereocenters. The maximum atomic E-state index is 11.9. The maximum absolute atomic E-state index is 11.9. The highest BCUT2D eigenvalue weighted by molar-refractivity contribution is 5.59. The van der Waals surface area contributed by atoms with Crippen LogP contribution in [0.3, 0.4) is 0 Å². The van der Waals surface area contributed by atoms with E-state index in [4.69, 9.17) is 4.52 Å². The smallest absolute Gasteiger partial charge is 0.331 e. The molecule has 0 saturated heterocycles. The highest BCUT2D eigenvalue weighted by atomic mass is 16.5. The first-order valence-electron chi connectivity index (χ1n) is 6.56. The second kappa shape index (κ2) is 5.36. The molecule has 0 aliphatic carbocycles. The zero-order valence-corrected chi connectivity index (χ0v) is 11.8. The van der Waals surface area contributed by atoms with Gasteiger partial charge in [-0.25, -0.2) is 4.79 Å². The van der Waals surface area contributed by atoms with Crippen molar-refractivity contribution in [3.05, 3.63) is 69.1 Å². The minimum absolute atomic E-state index is 0.129. The lowest BCUT2D eigenvalue weighted by molar-refractivity contribution is 0.419. The standard InChI is InChI=1S/C15H13N3O4/c1-17-14(20)5-6-18(15(17)21)9-11-8-13(22-16-11)10-3-2-4-12(19)7-10/h2-8,19H,9H2,1H3. The second-order valence-electron chi connectivity index (χ2n) is 4.86. The molecule has 0 aliphatic heterocycles. The van der Waals surface area contributed by atoms with Crippen molar-refractivity contribution in [1.82, 2.24) is 14.3 Å². The van der Waals surface area contributed by atoms with Crippen LogP contribution in [0.2, 0.25) is 0 Å². The van der Waals surface area contributed by atoms with Gasteiger partial charge >= 0.3 is 5.69 Å². The molecule has 0 aliphatic rings. The fourth-order valence-corrected chi connectivity index (χ4v) is 2.09. The van der Waals surface area contributed by atoms with Crippen molar-refractivity contribution in [3.63, 3.8) is 0 Å². The average Bonchev–Trinajstić information content (AvgIpc) is 2.97. The van der Waals surface area contributed by atoms with Crippen molar-refractivity contribution in [3.8, 4) is 17.1 Å². The molecular weight excluding hydrogens is 286 g/mol. The molecule has 0 fully saturated rings. The lowest BCUT2D eigenvalue weighted by atomic mass is 10.1. The molecule has 112 valence electrons. The quantitative estimate of drug-likeness (QED) is 0.778. The van der Waals surface area contributed by atoms with Crippen LogP contribution in [0.4, 0.5) is 0 Å². The first-order valence-corrected chi connectivity index (χ1v) is 6.56. The Bertz CT molecular complexity index is 936. The normalized spacial score (nSPS) is 10.8. The molecule has 0 atom stereocenters. The molecule has 1 N–H and O–H groups in total. The van der Waals surface area contributed by atoms with Gasteiger partial charge in [-0.15, -0.1) is 0 Å². The summed E-state index contributed by atoms with van der Waals surface area (Å²) in [6, 6.07) is 9.60. The summed E-state index contributed by atoms with van der Waals surface area (Å²) in [4.78, 5) is 23.3. The number of nitrogens with zero attached hydrogens (tertiary/aromatic N) is 3. The van der Waals surface area contributed by atoms with E-state index in [1.807, 2.05) is 0 Å². The number of benzene rings is 1. The molecule has 7 nitrogen and oxygen atoms in total. The lowest BCUT2D eigenvalue weighted by Gasteiger charge is -2.03. The monoisotopic (exact) mass is 299 g/mol. The summed E-state index contributed by atoms with van der Waals surface area (Å²) in [5.41, 5.74) is 0.446. The van der Waals surface area contributed by atoms with E-state index < -0.39 is 5.69 Å². The average molecular weight is 299 g/mol. The van der Waals surface area contributed by atoms with Crippen molar-refractivity contribution in [2.75, 3.05) is 0 Å². The molecule has 0 bridgehead atoms. The Morgan fingerprint density at radius 1 is 1.23 bits per heavy atom. The summed E-state index contributed by atoms with van der Waals surface area (Å²) in [6.45, 7) is 0.190. The van der Waals surface area contributed by atoms with Crippen molar-refractivity contribution in [1.29, 1.82) is 0 Å². The first kappa shape index (κ1) is 13.9. The number of hydrogen-bond acceptors (Lipinski definition) is 5. The van der Waals surface area contributed by atoms with Gasteiger partial charge in [-0.2, -0.15) is 0 Å². The predicted octanol–water partition coefficient (Wildman–Crippen LogP) is 0.956. The van der Waals surface area contributed by atoms with E-state index in [0.717, 1.165) is 4.57 Å². The van der Waals surface area contributed by atoms with Crippen LogP contribution in [-0.4, -0.2) is 19.4 Å². The third kappa shape index (κ3) is 2.56. The summed E-state index contributed by atoms with van der Waals surface area (Å²) < 4.78 is 7.62. The van der Waals surface area contributed by atoms with Crippen molar-refractivity contribution in [2.24, 2.45) is 7.05 Å². The second-order valence-corrected chi connectivity index (χ2v) is 4.86. The molecule has 1 aromatic carbocycles. The molecule has 3 aromatic rings. The summed E-state index contributed by atoms with van der Waals surface area (Å²) in [7, 11) is 1.42. The van der Waals surface area contributed by atoms with Crippen LogP contribution in [0, 0.1) is 0 Å². The number of phenolic OH excluding ortho intramolecular Hbond substituents is 1. The topological polar surface area (TPSA) is 90.3 Å². The van der Waals surface area contributed by atoms with Crippen molar-refractivity contribution in [2.45, 2.75) is 6.54 Å². The van der Waals surface area contributed by atoms with Crippen molar-refractivity contribution >= 4 is 0 Å². The van der Waals surface area contributed by atoms with E-state index >= 15 is 0 Å². The fraction of sp³-hybridized carbons (Fsp3) is 0.133. The number of aromatic hydroxyl groups is 1. The minimum atomic E-state index is -0.422. The SMILES string of the molecule is Cn1c(=O)ccn(Cc2cc(-c3cccc(O)c3)on2)c1=O. The molecule has 3 rings (SSSR count). The minimum Gasteiger partial charge on any atom is -0.508 e. The van der Waals surface area contributed by atoms with E-state index in [1.165, 1.54) is 23.9 Å². The van der Waals surface area contributed by atoms with Gasteiger partial charge in [0, 0.05) is 30.9 Å². The van der Waals surface area contributed by atoms with E-state index in [-0.39, 0.29) is 17.9 Å². The van der Waals surface area contributed by atoms with Gasteiger partial charge in [0.25, 0.3) is 5.56 Å². The summed E-state index contributed by atoms with van der Waals surface area (Å²) in [5, 5.41) is 13.4. The maximum Gasteiger partial charge on any atom is 0.331 e. The van der Waals surface area contributed by atoms with E-state index in [2.05, 4.69) is 5.16 Å². The van der Waals surface area contributed by atoms with Gasteiger partial charge < -0.3 is 9.63 Å². The van der Waals surface area contributed by atoms with Crippen LogP contribution in [0.1, 0.15) is 5.69 Å². The zero-order chi connectivity index (χ0) is 15.7. The van der Waals surface area contributed by atoms with Crippen LogP contribution >= 0.6 is 0 Å². The number of aromatic nitrogens is 3. The molecular formula is C15H13N3O4. The van der Waals surface area contributed by atoms with Crippen LogP contribution in [0.5, 0.6) is 5.75 Å².